The van der Waals surface area contributed by atoms with Crippen LogP contribution in [-0.2, 0) is 24.9 Å². The zero-order chi connectivity index (χ0) is 23.3. The molecule has 9 nitrogen and oxygen atoms in total. The molecule has 3 rings (SSSR count). The summed E-state index contributed by atoms with van der Waals surface area (Å²) in [5.74, 6) is 1.70. The van der Waals surface area contributed by atoms with Gasteiger partial charge in [0.1, 0.15) is 5.82 Å². The van der Waals surface area contributed by atoms with Gasteiger partial charge in [0.25, 0.3) is 0 Å². The zero-order valence-electron chi connectivity index (χ0n) is 20.3. The molecule has 0 spiro atoms. The molecular formula is C23H37IN8O. The van der Waals surface area contributed by atoms with Crippen molar-refractivity contribution in [1.29, 1.82) is 0 Å². The Hall–Kier alpha value is -2.37. The maximum Gasteiger partial charge on any atom is 0.222 e. The Morgan fingerprint density at radius 3 is 2.82 bits per heavy atom. The van der Waals surface area contributed by atoms with E-state index in [1.165, 1.54) is 5.56 Å². The first-order valence-corrected chi connectivity index (χ1v) is 11.2. The number of guanidine groups is 1. The molecular weight excluding hydrogens is 531 g/mol. The van der Waals surface area contributed by atoms with Crippen LogP contribution in [0.25, 0.3) is 0 Å². The van der Waals surface area contributed by atoms with Gasteiger partial charge < -0.3 is 20.9 Å². The molecule has 33 heavy (non-hydrogen) atoms. The molecule has 1 fully saturated rings. The fourth-order valence-corrected chi connectivity index (χ4v) is 4.31. The zero-order valence-corrected chi connectivity index (χ0v) is 22.6. The number of halogens is 1. The largest absolute Gasteiger partial charge is 0.369 e. The second-order valence-corrected chi connectivity index (χ2v) is 8.80. The monoisotopic (exact) mass is 568 g/mol. The van der Waals surface area contributed by atoms with Crippen LogP contribution in [0.5, 0.6) is 0 Å². The second kappa shape index (κ2) is 12.2. The lowest BCUT2D eigenvalue weighted by Gasteiger charge is -2.33. The minimum absolute atomic E-state index is 0. The van der Waals surface area contributed by atoms with E-state index in [0.717, 1.165) is 42.4 Å². The number of nitrogens with one attached hydrogen (secondary N) is 1. The lowest BCUT2D eigenvalue weighted by atomic mass is 9.97. The van der Waals surface area contributed by atoms with E-state index in [2.05, 4.69) is 56.3 Å². The van der Waals surface area contributed by atoms with Gasteiger partial charge in [-0.3, -0.25) is 14.5 Å². The van der Waals surface area contributed by atoms with Crippen molar-refractivity contribution in [2.45, 2.75) is 45.7 Å². The molecule has 0 radical (unpaired) electrons. The Kier molecular flexibility index (Phi) is 9.93. The Balaban J connectivity index is 0.00000385. The molecule has 0 bridgehead atoms. The third kappa shape index (κ3) is 6.81. The molecule has 2 aromatic rings. The fraction of sp³-hybridized carbons (Fsp3) is 0.565. The Bertz CT molecular complexity index is 958. The number of nitrogens with two attached hydrogens (primary N) is 1. The van der Waals surface area contributed by atoms with Crippen molar-refractivity contribution < 1.29 is 4.79 Å². The minimum Gasteiger partial charge on any atom is -0.369 e. The van der Waals surface area contributed by atoms with Gasteiger partial charge in [-0.1, -0.05) is 19.9 Å². The summed E-state index contributed by atoms with van der Waals surface area (Å²) >= 11 is 0. The quantitative estimate of drug-likeness (QED) is 0.302. The van der Waals surface area contributed by atoms with E-state index >= 15 is 0 Å². The predicted molar refractivity (Wildman–Crippen MR) is 143 cm³/mol. The number of piperidine rings is 1. The number of nitrogens with zero attached hydrogens (tertiary/aromatic N) is 6. The van der Waals surface area contributed by atoms with Crippen molar-refractivity contribution in [2.24, 2.45) is 23.7 Å². The molecule has 10 heteroatoms. The third-order valence-corrected chi connectivity index (χ3v) is 5.89. The highest BCUT2D eigenvalue weighted by molar-refractivity contribution is 14.0. The van der Waals surface area contributed by atoms with E-state index in [-0.39, 0.29) is 35.8 Å². The number of carbonyl (C=O) groups excluding carboxylic acids is 1. The van der Waals surface area contributed by atoms with Gasteiger partial charge in [0, 0.05) is 70.8 Å². The molecule has 1 amide bonds. The summed E-state index contributed by atoms with van der Waals surface area (Å²) in [7, 11) is 5.77. The molecule has 3 heterocycles. The predicted octanol–water partition coefficient (Wildman–Crippen LogP) is 2.47. The number of pyridine rings is 1. The van der Waals surface area contributed by atoms with Gasteiger partial charge in [0.2, 0.25) is 5.91 Å². The molecule has 1 saturated heterocycles. The number of rotatable bonds is 7. The van der Waals surface area contributed by atoms with Crippen molar-refractivity contribution >= 4 is 41.7 Å². The van der Waals surface area contributed by atoms with E-state index in [1.807, 2.05) is 24.8 Å². The first-order chi connectivity index (χ1) is 15.3. The summed E-state index contributed by atoms with van der Waals surface area (Å²) in [6.45, 7) is 7.11. The van der Waals surface area contributed by atoms with Crippen molar-refractivity contribution in [1.82, 2.24) is 25.0 Å². The normalized spacial score (nSPS) is 16.5. The highest BCUT2D eigenvalue weighted by Gasteiger charge is 2.26. The number of aromatic nitrogens is 3. The smallest absolute Gasteiger partial charge is 0.222 e. The van der Waals surface area contributed by atoms with Crippen LogP contribution in [0.2, 0.25) is 0 Å². The number of anilines is 1. The van der Waals surface area contributed by atoms with Gasteiger partial charge in [-0.15, -0.1) is 24.0 Å². The lowest BCUT2D eigenvalue weighted by molar-refractivity contribution is -0.122. The maximum atomic E-state index is 11.7. The van der Waals surface area contributed by atoms with Crippen LogP contribution < -0.4 is 16.0 Å². The molecule has 2 aromatic heterocycles. The van der Waals surface area contributed by atoms with Crippen molar-refractivity contribution in [3.8, 4) is 0 Å². The topological polar surface area (TPSA) is 105 Å². The first kappa shape index (κ1) is 26.9. The summed E-state index contributed by atoms with van der Waals surface area (Å²) in [6, 6.07) is 4.00. The van der Waals surface area contributed by atoms with E-state index < -0.39 is 0 Å². The molecule has 0 aromatic carbocycles. The van der Waals surface area contributed by atoms with E-state index in [0.29, 0.717) is 25.6 Å². The summed E-state index contributed by atoms with van der Waals surface area (Å²) in [4.78, 5) is 25.1. The molecule has 1 atom stereocenters. The average Bonchev–Trinajstić information content (AvgIpc) is 3.14. The van der Waals surface area contributed by atoms with Gasteiger partial charge in [-0.05, 0) is 24.8 Å². The molecule has 182 valence electrons. The van der Waals surface area contributed by atoms with Crippen LogP contribution in [0, 0.1) is 5.92 Å². The second-order valence-electron chi connectivity index (χ2n) is 8.80. The standard InChI is InChI=1S/C23H36N8O.HI/c1-16(2)20-19(14-30(5)28-20)13-29(4)23(25-3)27-12-17-8-6-10-26-22(17)31-11-7-9-18(15-31)21(24)32;/h6,8,10,14,16,18H,7,9,11-13,15H2,1-5H3,(H2,24,32)(H,25,27);1H. The highest BCUT2D eigenvalue weighted by Crippen LogP contribution is 2.24. The fourth-order valence-electron chi connectivity index (χ4n) is 4.31. The van der Waals surface area contributed by atoms with Crippen LogP contribution in [-0.4, -0.2) is 58.7 Å². The summed E-state index contributed by atoms with van der Waals surface area (Å²) in [5, 5.41) is 8.07. The Morgan fingerprint density at radius 1 is 1.39 bits per heavy atom. The van der Waals surface area contributed by atoms with Crippen LogP contribution in [0.15, 0.2) is 29.5 Å². The van der Waals surface area contributed by atoms with E-state index in [1.54, 1.807) is 13.2 Å². The van der Waals surface area contributed by atoms with Gasteiger partial charge in [-0.2, -0.15) is 5.10 Å². The number of hydrogen-bond acceptors (Lipinski definition) is 5. The Labute approximate surface area is 213 Å². The maximum absolute atomic E-state index is 11.7. The van der Waals surface area contributed by atoms with E-state index in [4.69, 9.17) is 5.73 Å². The Morgan fingerprint density at radius 2 is 2.15 bits per heavy atom. The SMILES string of the molecule is CN=C(NCc1cccnc1N1CCCC(C(N)=O)C1)N(C)Cc1cn(C)nc1C(C)C.I. The van der Waals surface area contributed by atoms with Gasteiger partial charge in [0.15, 0.2) is 5.96 Å². The number of amides is 1. The number of aliphatic imine (C=N–C) groups is 1. The minimum atomic E-state index is -0.233. The van der Waals surface area contributed by atoms with Crippen LogP contribution in [0.4, 0.5) is 5.82 Å². The van der Waals surface area contributed by atoms with Gasteiger partial charge >= 0.3 is 0 Å². The lowest BCUT2D eigenvalue weighted by Crippen LogP contribution is -2.42. The molecule has 0 saturated carbocycles. The number of aryl methyl sites for hydroxylation is 1. The third-order valence-electron chi connectivity index (χ3n) is 5.89. The number of hydrogen-bond donors (Lipinski definition) is 2. The highest BCUT2D eigenvalue weighted by atomic mass is 127. The summed E-state index contributed by atoms with van der Waals surface area (Å²) in [6.07, 6.45) is 5.65. The molecule has 1 unspecified atom stereocenters. The summed E-state index contributed by atoms with van der Waals surface area (Å²) < 4.78 is 1.87. The van der Waals surface area contributed by atoms with Crippen molar-refractivity contribution in [2.75, 3.05) is 32.1 Å². The van der Waals surface area contributed by atoms with Crippen molar-refractivity contribution in [3.63, 3.8) is 0 Å². The summed E-state index contributed by atoms with van der Waals surface area (Å²) in [5.41, 5.74) is 8.93. The van der Waals surface area contributed by atoms with Crippen LogP contribution >= 0.6 is 24.0 Å². The average molecular weight is 569 g/mol. The van der Waals surface area contributed by atoms with Gasteiger partial charge in [0.05, 0.1) is 11.6 Å². The number of primary amides is 1. The van der Waals surface area contributed by atoms with Crippen LogP contribution in [0.1, 0.15) is 49.4 Å². The molecule has 3 N–H and O–H groups in total. The molecule has 1 aliphatic rings. The van der Waals surface area contributed by atoms with Crippen molar-refractivity contribution in [3.05, 3.63) is 41.3 Å². The number of carbonyl (C=O) groups is 1. The first-order valence-electron chi connectivity index (χ1n) is 11.2. The molecule has 1 aliphatic heterocycles. The van der Waals surface area contributed by atoms with E-state index in [9.17, 15) is 4.79 Å². The van der Waals surface area contributed by atoms with Crippen LogP contribution in [0.3, 0.4) is 0 Å². The van der Waals surface area contributed by atoms with Gasteiger partial charge in [-0.25, -0.2) is 4.98 Å². The molecule has 0 aliphatic carbocycles.